The maximum absolute atomic E-state index is 12.6. The Morgan fingerprint density at radius 1 is 1.27 bits per heavy atom. The molecule has 0 fully saturated rings. The highest BCUT2D eigenvalue weighted by Gasteiger charge is 2.26. The van der Waals surface area contributed by atoms with Gasteiger partial charge in [0.1, 0.15) is 6.79 Å². The summed E-state index contributed by atoms with van der Waals surface area (Å²) in [5, 5.41) is 0. The van der Waals surface area contributed by atoms with E-state index in [0.29, 0.717) is 6.61 Å². The van der Waals surface area contributed by atoms with Crippen molar-refractivity contribution in [3.05, 3.63) is 24.3 Å². The number of sulfone groups is 1. The summed E-state index contributed by atoms with van der Waals surface area (Å²) in [6.07, 6.45) is 0. The molecule has 22 heavy (non-hydrogen) atoms. The minimum Gasteiger partial charge on any atom is -0.359 e. The lowest BCUT2D eigenvalue weighted by molar-refractivity contribution is -0.0456. The first-order valence-corrected chi connectivity index (χ1v) is 9.56. The number of benzene rings is 1. The Morgan fingerprint density at radius 2 is 2.00 bits per heavy atom. The molecule has 0 aliphatic carbocycles. The van der Waals surface area contributed by atoms with Crippen molar-refractivity contribution in [1.82, 2.24) is 4.98 Å². The van der Waals surface area contributed by atoms with Gasteiger partial charge in [0.2, 0.25) is 14.2 Å². The van der Waals surface area contributed by atoms with Crippen LogP contribution in [0.1, 0.15) is 13.8 Å². The molecule has 0 unspecified atom stereocenters. The lowest BCUT2D eigenvalue weighted by atomic mass is 9.99. The molecule has 0 amide bonds. The molecule has 0 spiro atoms. The van der Waals surface area contributed by atoms with Gasteiger partial charge in [-0.1, -0.05) is 26.0 Å². The topological polar surface area (TPSA) is 65.5 Å². The van der Waals surface area contributed by atoms with Crippen molar-refractivity contribution in [2.45, 2.75) is 18.2 Å². The molecule has 122 valence electrons. The average molecular weight is 343 g/mol. The van der Waals surface area contributed by atoms with Gasteiger partial charge in [0.05, 0.1) is 22.6 Å². The molecule has 5 nitrogen and oxygen atoms in total. The van der Waals surface area contributed by atoms with Crippen LogP contribution >= 0.6 is 11.3 Å². The molecule has 7 heteroatoms. The minimum absolute atomic E-state index is 0.0359. The molecule has 1 heterocycles. The van der Waals surface area contributed by atoms with Crippen LogP contribution in [-0.4, -0.2) is 39.7 Å². The number of methoxy groups -OCH3 is 1. The zero-order valence-corrected chi connectivity index (χ0v) is 14.6. The second kappa shape index (κ2) is 7.50. The lowest BCUT2D eigenvalue weighted by Gasteiger charge is -2.19. The Morgan fingerprint density at radius 3 is 2.64 bits per heavy atom. The van der Waals surface area contributed by atoms with Gasteiger partial charge >= 0.3 is 0 Å². The van der Waals surface area contributed by atoms with Crippen molar-refractivity contribution in [3.8, 4) is 0 Å². The highest BCUT2D eigenvalue weighted by Crippen LogP contribution is 2.28. The van der Waals surface area contributed by atoms with Gasteiger partial charge in [-0.15, -0.1) is 11.3 Å². The maximum atomic E-state index is 12.6. The van der Waals surface area contributed by atoms with Crippen LogP contribution in [0.3, 0.4) is 0 Å². The zero-order chi connectivity index (χ0) is 16.2. The van der Waals surface area contributed by atoms with Gasteiger partial charge in [0.25, 0.3) is 0 Å². The summed E-state index contributed by atoms with van der Waals surface area (Å²) < 4.78 is 36.5. The molecule has 0 N–H and O–H groups in total. The Kier molecular flexibility index (Phi) is 5.91. The molecule has 1 aromatic heterocycles. The molecular weight excluding hydrogens is 322 g/mol. The van der Waals surface area contributed by atoms with Crippen molar-refractivity contribution in [1.29, 1.82) is 0 Å². The minimum atomic E-state index is -3.42. The summed E-state index contributed by atoms with van der Waals surface area (Å²) in [5.41, 5.74) is 0.725. The second-order valence-corrected chi connectivity index (χ2v) is 8.75. The van der Waals surface area contributed by atoms with Crippen molar-refractivity contribution < 1.29 is 17.9 Å². The Labute approximate surface area is 135 Å². The number of para-hydroxylation sites is 1. The van der Waals surface area contributed by atoms with Crippen LogP contribution in [0, 0.1) is 11.8 Å². The Hall–Kier alpha value is -1.02. The van der Waals surface area contributed by atoms with E-state index in [2.05, 4.69) is 4.98 Å². The number of fused-ring (bicyclic) bond motifs is 1. The molecule has 2 aromatic rings. The van der Waals surface area contributed by atoms with Gasteiger partial charge in [-0.2, -0.15) is 0 Å². The molecule has 0 saturated heterocycles. The quantitative estimate of drug-likeness (QED) is 0.544. The monoisotopic (exact) mass is 343 g/mol. The molecular formula is C15H21NO4S2. The van der Waals surface area contributed by atoms with Crippen LogP contribution in [0.5, 0.6) is 0 Å². The van der Waals surface area contributed by atoms with Gasteiger partial charge in [-0.25, -0.2) is 13.4 Å². The summed E-state index contributed by atoms with van der Waals surface area (Å²) in [5.74, 6) is 0.141. The number of rotatable bonds is 8. The summed E-state index contributed by atoms with van der Waals surface area (Å²) in [4.78, 5) is 4.26. The van der Waals surface area contributed by atoms with Gasteiger partial charge < -0.3 is 9.47 Å². The first-order valence-electron chi connectivity index (χ1n) is 7.09. The smallest absolute Gasteiger partial charge is 0.210 e. The number of hydrogen-bond acceptors (Lipinski definition) is 6. The van der Waals surface area contributed by atoms with Crippen LogP contribution in [0.2, 0.25) is 0 Å². The summed E-state index contributed by atoms with van der Waals surface area (Å²) >= 11 is 1.22. The molecule has 0 aliphatic rings. The van der Waals surface area contributed by atoms with Crippen molar-refractivity contribution in [2.24, 2.45) is 11.8 Å². The molecule has 1 aromatic carbocycles. The third-order valence-corrected chi connectivity index (χ3v) is 6.78. The van der Waals surface area contributed by atoms with Gasteiger partial charge in [0, 0.05) is 7.11 Å². The van der Waals surface area contributed by atoms with Crippen molar-refractivity contribution in [2.75, 3.05) is 26.3 Å². The number of nitrogens with zero attached hydrogens (tertiary/aromatic N) is 1. The van der Waals surface area contributed by atoms with Crippen molar-refractivity contribution >= 4 is 31.4 Å². The van der Waals surface area contributed by atoms with E-state index < -0.39 is 9.84 Å². The number of aromatic nitrogens is 1. The molecule has 1 atom stereocenters. The predicted molar refractivity (Wildman–Crippen MR) is 87.8 cm³/mol. The molecule has 0 bridgehead atoms. The third kappa shape index (κ3) is 4.25. The van der Waals surface area contributed by atoms with E-state index in [4.69, 9.17) is 9.47 Å². The third-order valence-electron chi connectivity index (χ3n) is 3.45. The van der Waals surface area contributed by atoms with E-state index in [1.807, 2.05) is 38.1 Å². The van der Waals surface area contributed by atoms with E-state index in [1.54, 1.807) is 7.11 Å². The number of thiazole rings is 1. The predicted octanol–water partition coefficient (Wildman–Crippen LogP) is 2.96. The largest absolute Gasteiger partial charge is 0.359 e. The number of ether oxygens (including phenoxy) is 2. The standard InChI is InChI=1S/C15H21NO4S2/c1-11(2)12(8-20-10-19-3)9-22(17,18)15-16-13-6-4-5-7-14(13)21-15/h4-7,11-12H,8-10H2,1-3H3/t12-/m0/s1. The molecule has 2 rings (SSSR count). The van der Waals surface area contributed by atoms with Crippen LogP contribution < -0.4 is 0 Å². The normalized spacial score (nSPS) is 13.8. The van der Waals surface area contributed by atoms with Gasteiger partial charge in [0.15, 0.2) is 0 Å². The Bertz CT molecular complexity index is 676. The maximum Gasteiger partial charge on any atom is 0.210 e. The van der Waals surface area contributed by atoms with E-state index in [1.165, 1.54) is 11.3 Å². The van der Waals surface area contributed by atoms with Crippen LogP contribution in [0.4, 0.5) is 0 Å². The summed E-state index contributed by atoms with van der Waals surface area (Å²) in [7, 11) is -1.87. The molecule has 0 aliphatic heterocycles. The SMILES string of the molecule is COCOC[C@@H](CS(=O)(=O)c1nc2ccccc2s1)C(C)C. The van der Waals surface area contributed by atoms with Crippen LogP contribution in [0.15, 0.2) is 28.6 Å². The van der Waals surface area contributed by atoms with E-state index in [9.17, 15) is 8.42 Å². The van der Waals surface area contributed by atoms with E-state index in [-0.39, 0.29) is 28.7 Å². The van der Waals surface area contributed by atoms with Gasteiger partial charge in [-0.05, 0) is 24.0 Å². The van der Waals surface area contributed by atoms with Crippen LogP contribution in [-0.2, 0) is 19.3 Å². The summed E-state index contributed by atoms with van der Waals surface area (Å²) in [6, 6.07) is 7.44. The zero-order valence-electron chi connectivity index (χ0n) is 13.0. The first kappa shape index (κ1) is 17.3. The lowest BCUT2D eigenvalue weighted by Crippen LogP contribution is -2.25. The van der Waals surface area contributed by atoms with Crippen LogP contribution in [0.25, 0.3) is 10.2 Å². The highest BCUT2D eigenvalue weighted by molar-refractivity contribution is 7.93. The van der Waals surface area contributed by atoms with Gasteiger partial charge in [-0.3, -0.25) is 0 Å². The van der Waals surface area contributed by atoms with E-state index in [0.717, 1.165) is 10.2 Å². The fourth-order valence-corrected chi connectivity index (χ4v) is 5.16. The average Bonchev–Trinajstić information content (AvgIpc) is 2.91. The second-order valence-electron chi connectivity index (χ2n) is 5.51. The first-order chi connectivity index (χ1) is 10.4. The molecule has 0 radical (unpaired) electrons. The Balaban J connectivity index is 2.17. The fourth-order valence-electron chi connectivity index (χ4n) is 2.05. The highest BCUT2D eigenvalue weighted by atomic mass is 32.2. The van der Waals surface area contributed by atoms with Crippen molar-refractivity contribution in [3.63, 3.8) is 0 Å². The molecule has 0 saturated carbocycles. The fraction of sp³-hybridized carbons (Fsp3) is 0.533. The summed E-state index contributed by atoms with van der Waals surface area (Å²) in [6.45, 7) is 4.52. The van der Waals surface area contributed by atoms with E-state index >= 15 is 0 Å². The number of hydrogen-bond donors (Lipinski definition) is 0.